The fourth-order valence-electron chi connectivity index (χ4n) is 3.69. The van der Waals surface area contributed by atoms with Crippen LogP contribution in [0.25, 0.3) is 0 Å². The number of hydrogen-bond acceptors (Lipinski definition) is 7. The van der Waals surface area contributed by atoms with Gasteiger partial charge in [-0.25, -0.2) is 13.4 Å². The number of aromatic amines is 1. The maximum atomic E-state index is 11.9. The number of nitrogens with one attached hydrogen (secondary N) is 3. The second-order valence-corrected chi connectivity index (χ2v) is 10.3. The summed E-state index contributed by atoms with van der Waals surface area (Å²) in [6.45, 7) is 5.89. The van der Waals surface area contributed by atoms with Crippen molar-refractivity contribution in [3.8, 4) is 0 Å². The van der Waals surface area contributed by atoms with Gasteiger partial charge in [-0.3, -0.25) is 5.10 Å². The Balaban J connectivity index is 1.57. The van der Waals surface area contributed by atoms with E-state index in [1.807, 2.05) is 32.9 Å². The largest absolute Gasteiger partial charge is 0.324 e. The standard InChI is InChI=1S/C20H23ClN6O2S/c1-11-7-17(12(2)6-15(11)14-4-5-30(28,29)10-14)23-20-22-9-16(21)19(25-20)24-18-8-13(3)26-27-18/h6-9,14H,4-5,10H2,1-3H3,(H3,22,23,24,25,26,27). The zero-order valence-corrected chi connectivity index (χ0v) is 18.5. The van der Waals surface area contributed by atoms with Crippen molar-refractivity contribution >= 4 is 44.7 Å². The first-order valence-corrected chi connectivity index (χ1v) is 11.8. The molecule has 0 amide bonds. The van der Waals surface area contributed by atoms with Crippen LogP contribution in [0.1, 0.15) is 34.7 Å². The molecule has 3 N–H and O–H groups in total. The van der Waals surface area contributed by atoms with Gasteiger partial charge < -0.3 is 10.6 Å². The molecule has 0 radical (unpaired) electrons. The molecule has 8 nitrogen and oxygen atoms in total. The maximum Gasteiger partial charge on any atom is 0.229 e. The maximum absolute atomic E-state index is 11.9. The number of rotatable bonds is 5. The summed E-state index contributed by atoms with van der Waals surface area (Å²) in [5.74, 6) is 2.00. The first-order chi connectivity index (χ1) is 14.2. The van der Waals surface area contributed by atoms with Crippen LogP contribution in [0.3, 0.4) is 0 Å². The molecule has 4 rings (SSSR count). The first kappa shape index (κ1) is 20.6. The molecule has 30 heavy (non-hydrogen) atoms. The Bertz CT molecular complexity index is 1210. The monoisotopic (exact) mass is 446 g/mol. The van der Waals surface area contributed by atoms with Gasteiger partial charge in [0.25, 0.3) is 0 Å². The fraction of sp³-hybridized carbons (Fsp3) is 0.350. The van der Waals surface area contributed by atoms with Gasteiger partial charge in [0.15, 0.2) is 21.5 Å². The van der Waals surface area contributed by atoms with E-state index in [-0.39, 0.29) is 17.4 Å². The normalized spacial score (nSPS) is 17.8. The summed E-state index contributed by atoms with van der Waals surface area (Å²) in [5.41, 5.74) is 4.91. The summed E-state index contributed by atoms with van der Waals surface area (Å²) in [6.07, 6.45) is 2.20. The van der Waals surface area contributed by atoms with Gasteiger partial charge in [0, 0.05) is 17.4 Å². The highest BCUT2D eigenvalue weighted by atomic mass is 35.5. The van der Waals surface area contributed by atoms with Crippen LogP contribution in [0.2, 0.25) is 5.02 Å². The highest BCUT2D eigenvalue weighted by Gasteiger charge is 2.30. The van der Waals surface area contributed by atoms with Crippen molar-refractivity contribution in [2.24, 2.45) is 0 Å². The van der Waals surface area contributed by atoms with Gasteiger partial charge >= 0.3 is 0 Å². The van der Waals surface area contributed by atoms with Gasteiger partial charge in [-0.1, -0.05) is 17.7 Å². The molecule has 1 aliphatic heterocycles. The van der Waals surface area contributed by atoms with Crippen LogP contribution in [0.5, 0.6) is 0 Å². The van der Waals surface area contributed by atoms with E-state index in [0.717, 1.165) is 28.1 Å². The number of hydrogen-bond donors (Lipinski definition) is 3. The number of aryl methyl sites for hydroxylation is 3. The average molecular weight is 447 g/mol. The van der Waals surface area contributed by atoms with Crippen LogP contribution >= 0.6 is 11.6 Å². The van der Waals surface area contributed by atoms with Crippen LogP contribution in [0.4, 0.5) is 23.3 Å². The summed E-state index contributed by atoms with van der Waals surface area (Å²) in [6, 6.07) is 5.92. The van der Waals surface area contributed by atoms with Crippen molar-refractivity contribution in [2.75, 3.05) is 22.1 Å². The molecule has 1 aliphatic rings. The van der Waals surface area contributed by atoms with Gasteiger partial charge in [-0.05, 0) is 55.9 Å². The lowest BCUT2D eigenvalue weighted by Crippen LogP contribution is -2.07. The van der Waals surface area contributed by atoms with E-state index in [9.17, 15) is 8.42 Å². The molecule has 1 saturated heterocycles. The Kier molecular flexibility index (Phi) is 5.42. The lowest BCUT2D eigenvalue weighted by atomic mass is 9.92. The molecule has 0 bridgehead atoms. The van der Waals surface area contributed by atoms with Crippen molar-refractivity contribution in [3.63, 3.8) is 0 Å². The molecular formula is C20H23ClN6O2S. The smallest absolute Gasteiger partial charge is 0.229 e. The zero-order valence-electron chi connectivity index (χ0n) is 17.0. The highest BCUT2D eigenvalue weighted by Crippen LogP contribution is 2.34. The molecule has 3 heterocycles. The number of halogens is 1. The van der Waals surface area contributed by atoms with Crippen LogP contribution in [0, 0.1) is 20.8 Å². The molecule has 0 spiro atoms. The third kappa shape index (κ3) is 4.41. The van der Waals surface area contributed by atoms with E-state index in [0.29, 0.717) is 29.0 Å². The summed E-state index contributed by atoms with van der Waals surface area (Å²) in [7, 11) is -2.93. The summed E-state index contributed by atoms with van der Waals surface area (Å²) >= 11 is 6.23. The lowest BCUT2D eigenvalue weighted by Gasteiger charge is -2.17. The third-order valence-corrected chi connectivity index (χ3v) is 7.27. The Morgan fingerprint density at radius 2 is 1.93 bits per heavy atom. The van der Waals surface area contributed by atoms with Gasteiger partial charge in [0.1, 0.15) is 5.02 Å². The van der Waals surface area contributed by atoms with Crippen LogP contribution in [0.15, 0.2) is 24.4 Å². The summed E-state index contributed by atoms with van der Waals surface area (Å²) < 4.78 is 23.7. The predicted octanol–water partition coefficient (Wildman–Crippen LogP) is 4.17. The Hall–Kier alpha value is -2.65. The zero-order chi connectivity index (χ0) is 21.5. The van der Waals surface area contributed by atoms with Crippen molar-refractivity contribution < 1.29 is 8.42 Å². The molecular weight excluding hydrogens is 424 g/mol. The molecule has 158 valence electrons. The van der Waals surface area contributed by atoms with E-state index in [1.165, 1.54) is 6.20 Å². The molecule has 1 aromatic carbocycles. The molecule has 2 aromatic heterocycles. The minimum Gasteiger partial charge on any atom is -0.324 e. The Labute approximate surface area is 180 Å². The molecule has 3 aromatic rings. The van der Waals surface area contributed by atoms with Gasteiger partial charge in [0.05, 0.1) is 17.7 Å². The third-order valence-electron chi connectivity index (χ3n) is 5.23. The lowest BCUT2D eigenvalue weighted by molar-refractivity contribution is 0.601. The number of anilines is 4. The van der Waals surface area contributed by atoms with Gasteiger partial charge in [0.2, 0.25) is 5.95 Å². The van der Waals surface area contributed by atoms with Crippen molar-refractivity contribution in [2.45, 2.75) is 33.1 Å². The molecule has 1 atom stereocenters. The Morgan fingerprint density at radius 1 is 1.13 bits per heavy atom. The number of aromatic nitrogens is 4. The van der Waals surface area contributed by atoms with Gasteiger partial charge in [-0.15, -0.1) is 0 Å². The van der Waals surface area contributed by atoms with E-state index in [2.05, 4.69) is 36.9 Å². The number of benzene rings is 1. The van der Waals surface area contributed by atoms with E-state index >= 15 is 0 Å². The number of nitrogens with zero attached hydrogens (tertiary/aromatic N) is 3. The molecule has 1 unspecified atom stereocenters. The van der Waals surface area contributed by atoms with E-state index in [4.69, 9.17) is 11.6 Å². The molecule has 1 fully saturated rings. The number of H-pyrrole nitrogens is 1. The fourth-order valence-corrected chi connectivity index (χ4v) is 5.60. The van der Waals surface area contributed by atoms with Crippen LogP contribution in [-0.2, 0) is 9.84 Å². The second-order valence-electron chi connectivity index (χ2n) is 7.70. The van der Waals surface area contributed by atoms with Crippen LogP contribution < -0.4 is 10.6 Å². The molecule has 0 aliphatic carbocycles. The predicted molar refractivity (Wildman–Crippen MR) is 119 cm³/mol. The first-order valence-electron chi connectivity index (χ1n) is 9.60. The number of sulfone groups is 1. The average Bonchev–Trinajstić information content (AvgIpc) is 3.25. The summed E-state index contributed by atoms with van der Waals surface area (Å²) in [4.78, 5) is 8.73. The minimum atomic E-state index is -2.93. The van der Waals surface area contributed by atoms with Crippen LogP contribution in [-0.4, -0.2) is 40.1 Å². The molecule has 10 heteroatoms. The SMILES string of the molecule is Cc1cc(Nc2nc(Nc3cc(C)c(C4CCS(=O)(=O)C4)cc3C)ncc2Cl)n[nH]1. The van der Waals surface area contributed by atoms with Crippen molar-refractivity contribution in [1.82, 2.24) is 20.2 Å². The van der Waals surface area contributed by atoms with E-state index in [1.54, 1.807) is 0 Å². The Morgan fingerprint density at radius 3 is 2.60 bits per heavy atom. The second kappa shape index (κ2) is 7.88. The van der Waals surface area contributed by atoms with E-state index < -0.39 is 9.84 Å². The highest BCUT2D eigenvalue weighted by molar-refractivity contribution is 7.91. The van der Waals surface area contributed by atoms with Gasteiger partial charge in [-0.2, -0.15) is 10.1 Å². The molecule has 0 saturated carbocycles. The quantitative estimate of drug-likeness (QED) is 0.539. The van der Waals surface area contributed by atoms with Crippen molar-refractivity contribution in [3.05, 3.63) is 51.8 Å². The van der Waals surface area contributed by atoms with Crippen molar-refractivity contribution in [1.29, 1.82) is 0 Å². The summed E-state index contributed by atoms with van der Waals surface area (Å²) in [5, 5.41) is 13.7. The topological polar surface area (TPSA) is 113 Å². The minimum absolute atomic E-state index is 0.0580.